The lowest BCUT2D eigenvalue weighted by molar-refractivity contribution is 0.0978. The first kappa shape index (κ1) is 14.6. The summed E-state index contributed by atoms with van der Waals surface area (Å²) < 4.78 is 13.9. The van der Waals surface area contributed by atoms with Crippen LogP contribution >= 0.6 is 15.9 Å². The zero-order valence-corrected chi connectivity index (χ0v) is 11.4. The SMILES string of the molecule is Cc1c(C(=O)CCCNC(=O)O)ccc(Br)c1F. The predicted octanol–water partition coefficient (Wildman–Crippen LogP) is 3.13. The molecule has 4 nitrogen and oxygen atoms in total. The second-order valence-corrected chi connectivity index (χ2v) is 4.65. The molecule has 0 fully saturated rings. The maximum atomic E-state index is 13.6. The molecule has 0 aliphatic rings. The molecule has 6 heteroatoms. The molecule has 1 aromatic rings. The fourth-order valence-electron chi connectivity index (χ4n) is 1.53. The summed E-state index contributed by atoms with van der Waals surface area (Å²) in [5, 5.41) is 10.5. The standard InChI is InChI=1S/C12H13BrFNO3/c1-7-8(4-5-9(13)11(7)14)10(16)3-2-6-15-12(17)18/h4-5,15H,2-3,6H2,1H3,(H,17,18). The van der Waals surface area contributed by atoms with E-state index in [0.29, 0.717) is 22.0 Å². The second kappa shape index (κ2) is 6.49. The number of hydrogen-bond acceptors (Lipinski definition) is 2. The Hall–Kier alpha value is -1.43. The van der Waals surface area contributed by atoms with Gasteiger partial charge in [0.05, 0.1) is 4.47 Å². The highest BCUT2D eigenvalue weighted by molar-refractivity contribution is 9.10. The average molecular weight is 318 g/mol. The molecule has 0 saturated carbocycles. The summed E-state index contributed by atoms with van der Waals surface area (Å²) in [7, 11) is 0. The number of halogens is 2. The Balaban J connectivity index is 2.62. The molecular formula is C12H13BrFNO3. The minimum absolute atomic E-state index is 0.183. The Bertz CT molecular complexity index is 477. The smallest absolute Gasteiger partial charge is 0.404 e. The van der Waals surface area contributed by atoms with E-state index < -0.39 is 11.9 Å². The van der Waals surface area contributed by atoms with Gasteiger partial charge >= 0.3 is 6.09 Å². The van der Waals surface area contributed by atoms with Gasteiger partial charge in [-0.15, -0.1) is 0 Å². The Labute approximate surface area is 112 Å². The fourth-order valence-corrected chi connectivity index (χ4v) is 1.96. The van der Waals surface area contributed by atoms with Crippen molar-refractivity contribution in [1.29, 1.82) is 0 Å². The van der Waals surface area contributed by atoms with E-state index in [0.717, 1.165) is 0 Å². The molecule has 0 spiro atoms. The van der Waals surface area contributed by atoms with Crippen molar-refractivity contribution >= 4 is 27.8 Å². The van der Waals surface area contributed by atoms with E-state index in [9.17, 15) is 14.0 Å². The molecule has 0 aromatic heterocycles. The van der Waals surface area contributed by atoms with E-state index in [1.54, 1.807) is 13.0 Å². The third kappa shape index (κ3) is 3.80. The molecule has 0 saturated heterocycles. The normalized spacial score (nSPS) is 10.2. The van der Waals surface area contributed by atoms with Crippen molar-refractivity contribution in [2.24, 2.45) is 0 Å². The Morgan fingerprint density at radius 1 is 1.44 bits per heavy atom. The van der Waals surface area contributed by atoms with Crippen LogP contribution in [0.1, 0.15) is 28.8 Å². The zero-order chi connectivity index (χ0) is 13.7. The van der Waals surface area contributed by atoms with Crippen LogP contribution in [-0.4, -0.2) is 23.5 Å². The number of carbonyl (C=O) groups is 2. The van der Waals surface area contributed by atoms with Gasteiger partial charge in [0.25, 0.3) is 0 Å². The van der Waals surface area contributed by atoms with Crippen LogP contribution < -0.4 is 5.32 Å². The summed E-state index contributed by atoms with van der Waals surface area (Å²) in [6, 6.07) is 3.06. The maximum Gasteiger partial charge on any atom is 0.404 e. The van der Waals surface area contributed by atoms with Gasteiger partial charge < -0.3 is 10.4 Å². The number of carboxylic acid groups (broad SMARTS) is 1. The Morgan fingerprint density at radius 3 is 2.72 bits per heavy atom. The van der Waals surface area contributed by atoms with Gasteiger partial charge in [0.15, 0.2) is 5.78 Å². The minimum Gasteiger partial charge on any atom is -0.465 e. The molecule has 0 atom stereocenters. The highest BCUT2D eigenvalue weighted by atomic mass is 79.9. The molecule has 1 aromatic carbocycles. The van der Waals surface area contributed by atoms with Crippen molar-refractivity contribution in [3.05, 3.63) is 33.5 Å². The molecule has 0 aliphatic carbocycles. The summed E-state index contributed by atoms with van der Waals surface area (Å²) in [6.45, 7) is 1.75. The summed E-state index contributed by atoms with van der Waals surface area (Å²) >= 11 is 3.05. The zero-order valence-electron chi connectivity index (χ0n) is 9.80. The van der Waals surface area contributed by atoms with E-state index in [1.807, 2.05) is 0 Å². The van der Waals surface area contributed by atoms with Crippen molar-refractivity contribution < 1.29 is 19.1 Å². The summed E-state index contributed by atoms with van der Waals surface area (Å²) in [6.07, 6.45) is -0.543. The van der Waals surface area contributed by atoms with E-state index in [-0.39, 0.29) is 18.7 Å². The first-order valence-corrected chi connectivity index (χ1v) is 6.17. The quantitative estimate of drug-likeness (QED) is 0.647. The van der Waals surface area contributed by atoms with Gasteiger partial charge in [-0.2, -0.15) is 0 Å². The second-order valence-electron chi connectivity index (χ2n) is 3.79. The fraction of sp³-hybridized carbons (Fsp3) is 0.333. The summed E-state index contributed by atoms with van der Waals surface area (Å²) in [5.41, 5.74) is 0.645. The third-order valence-corrected chi connectivity index (χ3v) is 3.11. The average Bonchev–Trinajstić information content (AvgIpc) is 2.31. The van der Waals surface area contributed by atoms with Crippen molar-refractivity contribution in [3.8, 4) is 0 Å². The number of carbonyl (C=O) groups excluding carboxylic acids is 1. The molecule has 0 heterocycles. The molecule has 0 unspecified atom stereocenters. The lowest BCUT2D eigenvalue weighted by Gasteiger charge is -2.07. The number of amides is 1. The largest absolute Gasteiger partial charge is 0.465 e. The van der Waals surface area contributed by atoms with E-state index in [2.05, 4.69) is 21.2 Å². The van der Waals surface area contributed by atoms with Crippen molar-refractivity contribution in [2.45, 2.75) is 19.8 Å². The topological polar surface area (TPSA) is 66.4 Å². The van der Waals surface area contributed by atoms with Crippen LogP contribution in [0.2, 0.25) is 0 Å². The number of hydrogen-bond donors (Lipinski definition) is 2. The Morgan fingerprint density at radius 2 is 2.11 bits per heavy atom. The molecule has 0 radical (unpaired) electrons. The van der Waals surface area contributed by atoms with Crippen LogP contribution in [0, 0.1) is 12.7 Å². The molecule has 2 N–H and O–H groups in total. The van der Waals surface area contributed by atoms with Gasteiger partial charge in [-0.25, -0.2) is 9.18 Å². The van der Waals surface area contributed by atoms with Crippen LogP contribution in [0.3, 0.4) is 0 Å². The predicted molar refractivity (Wildman–Crippen MR) is 68.4 cm³/mol. The number of rotatable bonds is 5. The maximum absolute atomic E-state index is 13.6. The van der Waals surface area contributed by atoms with Gasteiger partial charge in [-0.1, -0.05) is 0 Å². The summed E-state index contributed by atoms with van der Waals surface area (Å²) in [4.78, 5) is 22.0. The van der Waals surface area contributed by atoms with Crippen LogP contribution in [0.25, 0.3) is 0 Å². The van der Waals surface area contributed by atoms with Crippen LogP contribution in [0.4, 0.5) is 9.18 Å². The van der Waals surface area contributed by atoms with Crippen molar-refractivity contribution in [1.82, 2.24) is 5.32 Å². The first-order valence-electron chi connectivity index (χ1n) is 5.38. The van der Waals surface area contributed by atoms with Crippen LogP contribution in [-0.2, 0) is 0 Å². The Kier molecular flexibility index (Phi) is 5.27. The molecular weight excluding hydrogens is 305 g/mol. The molecule has 18 heavy (non-hydrogen) atoms. The molecule has 0 aliphatic heterocycles. The van der Waals surface area contributed by atoms with Crippen molar-refractivity contribution in [2.75, 3.05) is 6.54 Å². The highest BCUT2D eigenvalue weighted by Gasteiger charge is 2.13. The molecule has 1 rings (SSSR count). The highest BCUT2D eigenvalue weighted by Crippen LogP contribution is 2.22. The van der Waals surface area contributed by atoms with Gasteiger partial charge in [0.2, 0.25) is 0 Å². The first-order chi connectivity index (χ1) is 8.43. The van der Waals surface area contributed by atoms with Gasteiger partial charge in [-0.3, -0.25) is 4.79 Å². The monoisotopic (exact) mass is 317 g/mol. The van der Waals surface area contributed by atoms with E-state index in [4.69, 9.17) is 5.11 Å². The number of Topliss-reactive ketones (excluding diaryl/α,β-unsaturated/α-hetero) is 1. The van der Waals surface area contributed by atoms with Gasteiger partial charge in [-0.05, 0) is 47.0 Å². The van der Waals surface area contributed by atoms with E-state index >= 15 is 0 Å². The van der Waals surface area contributed by atoms with Gasteiger partial charge in [0, 0.05) is 18.5 Å². The minimum atomic E-state index is -1.12. The van der Waals surface area contributed by atoms with E-state index in [1.165, 1.54) is 6.07 Å². The lowest BCUT2D eigenvalue weighted by Crippen LogP contribution is -2.22. The third-order valence-electron chi connectivity index (χ3n) is 2.50. The van der Waals surface area contributed by atoms with Crippen molar-refractivity contribution in [3.63, 3.8) is 0 Å². The van der Waals surface area contributed by atoms with Crippen LogP contribution in [0.15, 0.2) is 16.6 Å². The lowest BCUT2D eigenvalue weighted by atomic mass is 10.0. The molecule has 0 bridgehead atoms. The van der Waals surface area contributed by atoms with Crippen LogP contribution in [0.5, 0.6) is 0 Å². The number of ketones is 1. The molecule has 98 valence electrons. The molecule has 1 amide bonds. The number of nitrogens with one attached hydrogen (secondary N) is 1. The summed E-state index contributed by atoms with van der Waals surface area (Å²) in [5.74, 6) is -0.629. The number of benzene rings is 1. The van der Waals surface area contributed by atoms with Gasteiger partial charge in [0.1, 0.15) is 5.82 Å².